The van der Waals surface area contributed by atoms with Crippen LogP contribution in [0.15, 0.2) is 54.1 Å². The first-order valence-electron chi connectivity index (χ1n) is 9.28. The van der Waals surface area contributed by atoms with Gasteiger partial charge in [-0.3, -0.25) is 9.59 Å². The van der Waals surface area contributed by atoms with E-state index in [4.69, 9.17) is 9.47 Å². The summed E-state index contributed by atoms with van der Waals surface area (Å²) >= 11 is 0. The maximum atomic E-state index is 12.8. The second-order valence-electron chi connectivity index (χ2n) is 6.51. The van der Waals surface area contributed by atoms with Crippen molar-refractivity contribution in [2.45, 2.75) is 13.0 Å². The minimum Gasteiger partial charge on any atom is -0.507 e. The van der Waals surface area contributed by atoms with Gasteiger partial charge in [-0.1, -0.05) is 36.4 Å². The fourth-order valence-corrected chi connectivity index (χ4v) is 3.37. The van der Waals surface area contributed by atoms with E-state index in [1.807, 2.05) is 0 Å². The van der Waals surface area contributed by atoms with Gasteiger partial charge in [-0.15, -0.1) is 0 Å². The van der Waals surface area contributed by atoms with Crippen LogP contribution in [0.4, 0.5) is 0 Å². The third-order valence-corrected chi connectivity index (χ3v) is 4.72. The lowest BCUT2D eigenvalue weighted by Gasteiger charge is -2.25. The van der Waals surface area contributed by atoms with Crippen molar-refractivity contribution in [3.63, 3.8) is 0 Å². The van der Waals surface area contributed by atoms with Crippen molar-refractivity contribution in [2.75, 3.05) is 26.9 Å². The Labute approximate surface area is 168 Å². The Morgan fingerprint density at radius 3 is 2.52 bits per heavy atom. The zero-order valence-corrected chi connectivity index (χ0v) is 16.3. The highest BCUT2D eigenvalue weighted by molar-refractivity contribution is 6.46. The molecule has 0 unspecified atom stereocenters. The number of ether oxygens (including phenoxy) is 2. The molecule has 0 saturated carbocycles. The van der Waals surface area contributed by atoms with Crippen molar-refractivity contribution in [1.29, 1.82) is 0 Å². The number of likely N-dealkylation sites (tertiary alicyclic amines) is 1. The number of aliphatic hydroxyl groups excluding tert-OH is 1. The van der Waals surface area contributed by atoms with Crippen LogP contribution < -0.4 is 4.74 Å². The molecule has 0 bridgehead atoms. The van der Waals surface area contributed by atoms with Crippen LogP contribution >= 0.6 is 0 Å². The number of benzene rings is 2. The first-order chi connectivity index (χ1) is 14.0. The highest BCUT2D eigenvalue weighted by atomic mass is 16.5. The average molecular weight is 397 g/mol. The van der Waals surface area contributed by atoms with Crippen LogP contribution in [-0.2, 0) is 14.3 Å². The Morgan fingerprint density at radius 2 is 1.86 bits per heavy atom. The minimum atomic E-state index is -0.829. The maximum Gasteiger partial charge on any atom is 0.295 e. The zero-order valence-electron chi connectivity index (χ0n) is 16.3. The normalized spacial score (nSPS) is 18.3. The van der Waals surface area contributed by atoms with E-state index in [1.54, 1.807) is 49.4 Å². The van der Waals surface area contributed by atoms with E-state index in [-0.39, 0.29) is 36.0 Å². The largest absolute Gasteiger partial charge is 0.507 e. The molecule has 29 heavy (non-hydrogen) atoms. The number of aromatic hydroxyl groups is 1. The Bertz CT molecular complexity index is 938. The molecule has 1 atom stereocenters. The van der Waals surface area contributed by atoms with Crippen LogP contribution in [0.1, 0.15) is 24.1 Å². The summed E-state index contributed by atoms with van der Waals surface area (Å²) in [6.45, 7) is 2.52. The molecule has 0 aliphatic carbocycles. The van der Waals surface area contributed by atoms with E-state index in [0.717, 1.165) is 0 Å². The highest BCUT2D eigenvalue weighted by Crippen LogP contribution is 2.41. The summed E-state index contributed by atoms with van der Waals surface area (Å²) in [7, 11) is 1.50. The first-order valence-corrected chi connectivity index (χ1v) is 9.28. The number of hydrogen-bond donors (Lipinski definition) is 2. The van der Waals surface area contributed by atoms with Crippen molar-refractivity contribution in [3.8, 4) is 11.5 Å². The second kappa shape index (κ2) is 8.79. The lowest BCUT2D eigenvalue weighted by atomic mass is 9.95. The molecule has 2 aromatic carbocycles. The van der Waals surface area contributed by atoms with Gasteiger partial charge >= 0.3 is 0 Å². The number of aliphatic hydroxyl groups is 1. The van der Waals surface area contributed by atoms with Gasteiger partial charge in [-0.05, 0) is 24.6 Å². The first kappa shape index (κ1) is 20.4. The molecule has 152 valence electrons. The van der Waals surface area contributed by atoms with E-state index in [0.29, 0.717) is 17.7 Å². The van der Waals surface area contributed by atoms with Gasteiger partial charge < -0.3 is 24.6 Å². The number of phenolic OH excluding ortho intramolecular Hbond substituents is 1. The number of amides is 1. The Kier molecular flexibility index (Phi) is 6.19. The van der Waals surface area contributed by atoms with Crippen LogP contribution in [0.25, 0.3) is 5.76 Å². The van der Waals surface area contributed by atoms with Crippen LogP contribution in [0, 0.1) is 0 Å². The molecule has 1 saturated heterocycles. The summed E-state index contributed by atoms with van der Waals surface area (Å²) in [5.41, 5.74) is 0.968. The Morgan fingerprint density at radius 1 is 1.14 bits per heavy atom. The minimum absolute atomic E-state index is 0.00885. The van der Waals surface area contributed by atoms with E-state index < -0.39 is 17.7 Å². The van der Waals surface area contributed by atoms with Gasteiger partial charge in [0.2, 0.25) is 0 Å². The van der Waals surface area contributed by atoms with Gasteiger partial charge in [0.25, 0.3) is 11.7 Å². The predicted octanol–water partition coefficient (Wildman–Crippen LogP) is 2.86. The van der Waals surface area contributed by atoms with Crippen molar-refractivity contribution in [2.24, 2.45) is 0 Å². The number of phenols is 1. The summed E-state index contributed by atoms with van der Waals surface area (Å²) in [5.74, 6) is -1.54. The molecule has 1 aliphatic heterocycles. The van der Waals surface area contributed by atoms with Crippen LogP contribution in [-0.4, -0.2) is 53.7 Å². The zero-order chi connectivity index (χ0) is 21.0. The summed E-state index contributed by atoms with van der Waals surface area (Å²) < 4.78 is 10.5. The van der Waals surface area contributed by atoms with Crippen LogP contribution in [0.2, 0.25) is 0 Å². The maximum absolute atomic E-state index is 12.8. The quantitative estimate of drug-likeness (QED) is 0.424. The molecular weight excluding hydrogens is 374 g/mol. The summed E-state index contributed by atoms with van der Waals surface area (Å²) in [6, 6.07) is 12.4. The number of nitrogens with zero attached hydrogens (tertiary/aromatic N) is 1. The van der Waals surface area contributed by atoms with Gasteiger partial charge in [-0.2, -0.15) is 0 Å². The lowest BCUT2D eigenvalue weighted by Crippen LogP contribution is -2.32. The summed E-state index contributed by atoms with van der Waals surface area (Å²) in [5, 5.41) is 20.9. The molecule has 0 spiro atoms. The number of rotatable bonds is 7. The number of methoxy groups -OCH3 is 1. The summed E-state index contributed by atoms with van der Waals surface area (Å²) in [4.78, 5) is 26.9. The molecule has 0 aromatic heterocycles. The van der Waals surface area contributed by atoms with E-state index in [9.17, 15) is 19.8 Å². The van der Waals surface area contributed by atoms with Gasteiger partial charge in [0, 0.05) is 19.2 Å². The van der Waals surface area contributed by atoms with Crippen molar-refractivity contribution in [1.82, 2.24) is 4.90 Å². The van der Waals surface area contributed by atoms with E-state index in [2.05, 4.69) is 0 Å². The number of carbonyl (C=O) groups is 2. The number of Topliss-reactive ketones (excluding diaryl/α,β-unsaturated/α-hetero) is 1. The fourth-order valence-electron chi connectivity index (χ4n) is 3.37. The average Bonchev–Trinajstić information content (AvgIpc) is 2.98. The van der Waals surface area contributed by atoms with Crippen LogP contribution in [0.5, 0.6) is 11.5 Å². The molecule has 2 N–H and O–H groups in total. The molecule has 1 aliphatic rings. The molecule has 2 aromatic rings. The van der Waals surface area contributed by atoms with Gasteiger partial charge in [0.15, 0.2) is 11.5 Å². The molecule has 1 fully saturated rings. The highest BCUT2D eigenvalue weighted by Gasteiger charge is 2.46. The SMILES string of the molecule is CCOc1cc([C@@H]2C(=C(O)c3ccccc3)C(=O)C(=O)N2CCOC)ccc1O. The Hall–Kier alpha value is -3.32. The van der Waals surface area contributed by atoms with Gasteiger partial charge in [-0.25, -0.2) is 0 Å². The molecule has 0 radical (unpaired) electrons. The Balaban J connectivity index is 2.17. The molecule has 7 heteroatoms. The van der Waals surface area contributed by atoms with E-state index >= 15 is 0 Å². The molecule has 7 nitrogen and oxygen atoms in total. The monoisotopic (exact) mass is 397 g/mol. The third-order valence-electron chi connectivity index (χ3n) is 4.72. The van der Waals surface area contributed by atoms with Crippen molar-refractivity contribution < 1.29 is 29.3 Å². The van der Waals surface area contributed by atoms with Gasteiger partial charge in [0.1, 0.15) is 5.76 Å². The molecular formula is C22H23NO6. The van der Waals surface area contributed by atoms with Crippen molar-refractivity contribution >= 4 is 17.4 Å². The summed E-state index contributed by atoms with van der Waals surface area (Å²) in [6.07, 6.45) is 0. The lowest BCUT2D eigenvalue weighted by molar-refractivity contribution is -0.140. The topological polar surface area (TPSA) is 96.3 Å². The number of ketones is 1. The molecule has 1 heterocycles. The second-order valence-corrected chi connectivity index (χ2v) is 6.51. The van der Waals surface area contributed by atoms with Crippen molar-refractivity contribution in [3.05, 3.63) is 65.2 Å². The number of hydrogen-bond acceptors (Lipinski definition) is 6. The van der Waals surface area contributed by atoms with Gasteiger partial charge in [0.05, 0.1) is 24.8 Å². The standard InChI is InChI=1S/C22H23NO6/c1-3-29-17-13-15(9-10-16(17)24)19-18(20(25)14-7-5-4-6-8-14)21(26)22(27)23(19)11-12-28-2/h4-10,13,19,24-25H,3,11-12H2,1-2H3/t19-/m1/s1. The molecule has 3 rings (SSSR count). The molecule has 1 amide bonds. The smallest absolute Gasteiger partial charge is 0.295 e. The predicted molar refractivity (Wildman–Crippen MR) is 107 cm³/mol. The van der Waals surface area contributed by atoms with Crippen LogP contribution in [0.3, 0.4) is 0 Å². The van der Waals surface area contributed by atoms with E-state index in [1.165, 1.54) is 18.1 Å². The third kappa shape index (κ3) is 3.95. The number of carbonyl (C=O) groups excluding carboxylic acids is 2. The fraction of sp³-hybridized carbons (Fsp3) is 0.273.